The molecule has 0 bridgehead atoms. The Morgan fingerprint density at radius 2 is 1.91 bits per heavy atom. The summed E-state index contributed by atoms with van der Waals surface area (Å²) in [7, 11) is -3.96. The number of aromatic nitrogens is 1. The number of nitrogens with zero attached hydrogens (tertiary/aromatic N) is 1. The van der Waals surface area contributed by atoms with Crippen molar-refractivity contribution in [2.24, 2.45) is 0 Å². The Morgan fingerprint density at radius 3 is 2.64 bits per heavy atom. The van der Waals surface area contributed by atoms with Crippen LogP contribution in [0.3, 0.4) is 0 Å². The fourth-order valence-electron chi connectivity index (χ4n) is 1.65. The molecule has 7 nitrogen and oxygen atoms in total. The van der Waals surface area contributed by atoms with E-state index in [1.807, 2.05) is 18.2 Å². The Labute approximate surface area is 129 Å². The summed E-state index contributed by atoms with van der Waals surface area (Å²) in [4.78, 5) is 4.08. The van der Waals surface area contributed by atoms with Crippen LogP contribution in [-0.4, -0.2) is 31.7 Å². The summed E-state index contributed by atoms with van der Waals surface area (Å²) in [6.07, 6.45) is 2.15. The maximum atomic E-state index is 11.7. The van der Waals surface area contributed by atoms with Crippen LogP contribution >= 0.6 is 0 Å². The van der Waals surface area contributed by atoms with Crippen molar-refractivity contribution in [3.8, 4) is 5.75 Å². The van der Waals surface area contributed by atoms with Crippen molar-refractivity contribution in [3.05, 3.63) is 48.7 Å². The van der Waals surface area contributed by atoms with E-state index >= 15 is 0 Å². The van der Waals surface area contributed by atoms with Gasteiger partial charge in [-0.1, -0.05) is 18.2 Å². The molecule has 0 spiro atoms. The van der Waals surface area contributed by atoms with Crippen LogP contribution in [0.1, 0.15) is 6.42 Å². The van der Waals surface area contributed by atoms with Gasteiger partial charge in [0.25, 0.3) is 0 Å². The summed E-state index contributed by atoms with van der Waals surface area (Å²) in [6, 6.07) is 11.5. The minimum atomic E-state index is -3.96. The predicted molar refractivity (Wildman–Crippen MR) is 83.9 cm³/mol. The van der Waals surface area contributed by atoms with E-state index in [0.717, 1.165) is 5.82 Å². The molecule has 1 aromatic carbocycles. The van der Waals surface area contributed by atoms with Gasteiger partial charge in [-0.2, -0.15) is 8.42 Å². The van der Waals surface area contributed by atoms with Gasteiger partial charge in [-0.3, -0.25) is 8.91 Å². The van der Waals surface area contributed by atoms with Crippen molar-refractivity contribution >= 4 is 21.8 Å². The SMILES string of the molecule is O=S(=O)(Nc1ccccc1O)OCCCNc1ccccn1. The van der Waals surface area contributed by atoms with Crippen LogP contribution in [-0.2, 0) is 14.5 Å². The number of anilines is 2. The lowest BCUT2D eigenvalue weighted by Gasteiger charge is -2.09. The summed E-state index contributed by atoms with van der Waals surface area (Å²) in [6.45, 7) is 0.548. The van der Waals surface area contributed by atoms with Gasteiger partial charge in [0.15, 0.2) is 0 Å². The molecule has 0 amide bonds. The number of phenols is 1. The van der Waals surface area contributed by atoms with Crippen LogP contribution < -0.4 is 10.0 Å². The Bertz CT molecular complexity index is 692. The molecule has 0 aliphatic heterocycles. The fourth-order valence-corrected chi connectivity index (χ4v) is 2.49. The van der Waals surface area contributed by atoms with E-state index in [0.29, 0.717) is 13.0 Å². The highest BCUT2D eigenvalue weighted by atomic mass is 32.2. The maximum Gasteiger partial charge on any atom is 0.360 e. The van der Waals surface area contributed by atoms with E-state index in [2.05, 4.69) is 15.0 Å². The number of rotatable bonds is 8. The largest absolute Gasteiger partial charge is 0.506 e. The molecule has 0 aliphatic carbocycles. The Morgan fingerprint density at radius 1 is 1.14 bits per heavy atom. The maximum absolute atomic E-state index is 11.7. The van der Waals surface area contributed by atoms with Crippen molar-refractivity contribution in [1.29, 1.82) is 0 Å². The molecule has 0 unspecified atom stereocenters. The molecule has 0 radical (unpaired) electrons. The van der Waals surface area contributed by atoms with E-state index in [1.54, 1.807) is 18.3 Å². The Kier molecular flexibility index (Phi) is 5.56. The van der Waals surface area contributed by atoms with Crippen molar-refractivity contribution in [2.75, 3.05) is 23.2 Å². The number of benzene rings is 1. The van der Waals surface area contributed by atoms with Crippen LogP contribution in [0.5, 0.6) is 5.75 Å². The van der Waals surface area contributed by atoms with Crippen molar-refractivity contribution in [1.82, 2.24) is 4.98 Å². The average molecular weight is 323 g/mol. The summed E-state index contributed by atoms with van der Waals surface area (Å²) in [5.41, 5.74) is 0.0779. The van der Waals surface area contributed by atoms with Gasteiger partial charge in [-0.05, 0) is 30.7 Å². The minimum absolute atomic E-state index is 0.0166. The van der Waals surface area contributed by atoms with Crippen molar-refractivity contribution in [2.45, 2.75) is 6.42 Å². The molecule has 0 aliphatic rings. The first-order valence-corrected chi connectivity index (χ1v) is 8.08. The lowest BCUT2D eigenvalue weighted by atomic mass is 10.3. The predicted octanol–water partition coefficient (Wildman–Crippen LogP) is 1.96. The van der Waals surface area contributed by atoms with E-state index in [1.165, 1.54) is 12.1 Å². The quantitative estimate of drug-likeness (QED) is 0.507. The summed E-state index contributed by atoms with van der Waals surface area (Å²) < 4.78 is 30.4. The minimum Gasteiger partial charge on any atom is -0.506 e. The number of hydrogen-bond donors (Lipinski definition) is 3. The number of phenolic OH excluding ortho intramolecular Hbond substituents is 1. The molecule has 2 aromatic rings. The highest BCUT2D eigenvalue weighted by Crippen LogP contribution is 2.22. The van der Waals surface area contributed by atoms with Crippen molar-refractivity contribution in [3.63, 3.8) is 0 Å². The zero-order chi connectivity index (χ0) is 15.8. The average Bonchev–Trinajstić information content (AvgIpc) is 2.50. The Hall–Kier alpha value is -2.32. The van der Waals surface area contributed by atoms with Crippen LogP contribution in [0.15, 0.2) is 48.7 Å². The molecule has 8 heteroatoms. The van der Waals surface area contributed by atoms with Gasteiger partial charge >= 0.3 is 10.3 Å². The molecular formula is C14H17N3O4S. The number of aromatic hydroxyl groups is 1. The molecule has 1 aromatic heterocycles. The zero-order valence-corrected chi connectivity index (χ0v) is 12.6. The van der Waals surface area contributed by atoms with Gasteiger partial charge in [0, 0.05) is 12.7 Å². The first-order chi connectivity index (χ1) is 10.6. The molecule has 0 saturated heterocycles. The second-order valence-corrected chi connectivity index (χ2v) is 5.74. The monoisotopic (exact) mass is 323 g/mol. The molecule has 0 atom stereocenters. The lowest BCUT2D eigenvalue weighted by Crippen LogP contribution is -2.18. The normalized spacial score (nSPS) is 11.1. The lowest BCUT2D eigenvalue weighted by molar-refractivity contribution is 0.319. The van der Waals surface area contributed by atoms with E-state index in [4.69, 9.17) is 4.18 Å². The highest BCUT2D eigenvalue weighted by Gasteiger charge is 2.12. The van der Waals surface area contributed by atoms with Gasteiger partial charge < -0.3 is 10.4 Å². The van der Waals surface area contributed by atoms with Gasteiger partial charge in [-0.25, -0.2) is 4.98 Å². The van der Waals surface area contributed by atoms with Crippen molar-refractivity contribution < 1.29 is 17.7 Å². The molecule has 0 fully saturated rings. The second-order valence-electron chi connectivity index (χ2n) is 4.39. The summed E-state index contributed by atoms with van der Waals surface area (Å²) >= 11 is 0. The Balaban J connectivity index is 1.73. The molecular weight excluding hydrogens is 306 g/mol. The number of hydrogen-bond acceptors (Lipinski definition) is 6. The smallest absolute Gasteiger partial charge is 0.360 e. The van der Waals surface area contributed by atoms with Gasteiger partial charge in [0.2, 0.25) is 0 Å². The van der Waals surface area contributed by atoms with E-state index in [-0.39, 0.29) is 18.0 Å². The van der Waals surface area contributed by atoms with Crippen LogP contribution in [0.2, 0.25) is 0 Å². The van der Waals surface area contributed by atoms with E-state index < -0.39 is 10.3 Å². The first kappa shape index (κ1) is 16.1. The topological polar surface area (TPSA) is 101 Å². The van der Waals surface area contributed by atoms with Crippen LogP contribution in [0, 0.1) is 0 Å². The summed E-state index contributed by atoms with van der Waals surface area (Å²) in [5, 5.41) is 12.6. The van der Waals surface area contributed by atoms with Gasteiger partial charge in [0.05, 0.1) is 12.3 Å². The third kappa shape index (κ3) is 5.23. The zero-order valence-electron chi connectivity index (χ0n) is 11.8. The standard InChI is InChI=1S/C14H17N3O4S/c18-13-7-2-1-6-12(13)17-22(19,20)21-11-5-10-16-14-8-3-4-9-15-14/h1-4,6-9,17-18H,5,10-11H2,(H,15,16). The van der Waals surface area contributed by atoms with E-state index in [9.17, 15) is 13.5 Å². The van der Waals surface area contributed by atoms with Gasteiger partial charge in [0.1, 0.15) is 11.6 Å². The third-order valence-electron chi connectivity index (χ3n) is 2.67. The second kappa shape index (κ2) is 7.62. The molecule has 1 heterocycles. The fraction of sp³-hybridized carbons (Fsp3) is 0.214. The number of nitrogens with one attached hydrogen (secondary N) is 2. The molecule has 22 heavy (non-hydrogen) atoms. The third-order valence-corrected chi connectivity index (χ3v) is 3.62. The van der Waals surface area contributed by atoms with Gasteiger partial charge in [-0.15, -0.1) is 0 Å². The molecule has 3 N–H and O–H groups in total. The molecule has 0 saturated carbocycles. The summed E-state index contributed by atoms with van der Waals surface area (Å²) in [5.74, 6) is 0.559. The number of pyridine rings is 1. The number of para-hydroxylation sites is 2. The first-order valence-electron chi connectivity index (χ1n) is 6.67. The van der Waals surface area contributed by atoms with Crippen LogP contribution in [0.25, 0.3) is 0 Å². The molecule has 118 valence electrons. The molecule has 2 rings (SSSR count). The van der Waals surface area contributed by atoms with Crippen LogP contribution in [0.4, 0.5) is 11.5 Å². The highest BCUT2D eigenvalue weighted by molar-refractivity contribution is 7.88.